The number of carbonyl (C=O) groups excluding carboxylic acids is 2. The lowest BCUT2D eigenvalue weighted by molar-refractivity contribution is -0.170. The van der Waals surface area contributed by atoms with Gasteiger partial charge in [0.1, 0.15) is 0 Å². The molecule has 1 aromatic carbocycles. The van der Waals surface area contributed by atoms with E-state index in [1.807, 2.05) is 25.1 Å². The van der Waals surface area contributed by atoms with Crippen LogP contribution in [0.5, 0.6) is 0 Å². The van der Waals surface area contributed by atoms with Gasteiger partial charge in [-0.05, 0) is 104 Å². The van der Waals surface area contributed by atoms with Gasteiger partial charge in [-0.25, -0.2) is 0 Å². The van der Waals surface area contributed by atoms with Crippen LogP contribution in [0.4, 0.5) is 5.69 Å². The second-order valence-electron chi connectivity index (χ2n) is 8.48. The van der Waals surface area contributed by atoms with Gasteiger partial charge >= 0.3 is 5.97 Å². The number of hydrogen-bond donors (Lipinski definition) is 1. The molecule has 4 atom stereocenters. The molecule has 4 aliphatic carbocycles. The largest absolute Gasteiger partial charge is 0.455 e. The third-order valence-corrected chi connectivity index (χ3v) is 7.82. The van der Waals surface area contributed by atoms with E-state index < -0.39 is 0 Å². The number of ether oxygens (including phenoxy) is 1. The third-order valence-electron chi connectivity index (χ3n) is 6.22. The normalized spacial score (nSPS) is 34.6. The molecule has 4 nitrogen and oxygen atoms in total. The van der Waals surface area contributed by atoms with Crippen molar-refractivity contribution in [2.45, 2.75) is 49.8 Å². The van der Waals surface area contributed by atoms with Gasteiger partial charge in [0.2, 0.25) is 0 Å². The van der Waals surface area contributed by atoms with Gasteiger partial charge in [-0.2, -0.15) is 0 Å². The number of carbonyl (C=O) groups is 2. The summed E-state index contributed by atoms with van der Waals surface area (Å²) in [6.45, 7) is 1.74. The van der Waals surface area contributed by atoms with E-state index in [-0.39, 0.29) is 28.2 Å². The summed E-state index contributed by atoms with van der Waals surface area (Å²) < 4.78 is 6.72. The van der Waals surface area contributed by atoms with Crippen LogP contribution in [0.15, 0.2) is 18.2 Å². The molecule has 0 radical (unpaired) electrons. The smallest absolute Gasteiger partial charge is 0.312 e. The highest BCUT2D eigenvalue weighted by molar-refractivity contribution is 14.1. The number of esters is 1. The summed E-state index contributed by atoms with van der Waals surface area (Å²) in [4.78, 5) is 25.1. The molecule has 0 spiro atoms. The molecule has 26 heavy (non-hydrogen) atoms. The van der Waals surface area contributed by atoms with E-state index in [0.717, 1.165) is 34.1 Å². The highest BCUT2D eigenvalue weighted by Crippen LogP contribution is 2.64. The van der Waals surface area contributed by atoms with Gasteiger partial charge < -0.3 is 10.1 Å². The summed E-state index contributed by atoms with van der Waals surface area (Å²) in [5.74, 6) is 0.781. The van der Waals surface area contributed by atoms with E-state index in [0.29, 0.717) is 11.8 Å². The molecule has 2 unspecified atom stereocenters. The average Bonchev–Trinajstić information content (AvgIpc) is 2.53. The van der Waals surface area contributed by atoms with Gasteiger partial charge in [-0.1, -0.05) is 15.9 Å². The van der Waals surface area contributed by atoms with Gasteiger partial charge in [0.15, 0.2) is 6.61 Å². The molecule has 4 bridgehead atoms. The van der Waals surface area contributed by atoms with Crippen LogP contribution in [0.2, 0.25) is 0 Å². The van der Waals surface area contributed by atoms with E-state index in [9.17, 15) is 9.59 Å². The topological polar surface area (TPSA) is 55.4 Å². The number of alkyl halides is 1. The minimum Gasteiger partial charge on any atom is -0.455 e. The molecule has 0 heterocycles. The second-order valence-corrected chi connectivity index (χ2v) is 11.4. The number of anilines is 1. The van der Waals surface area contributed by atoms with Crippen molar-refractivity contribution in [3.63, 3.8) is 0 Å². The Labute approximate surface area is 176 Å². The number of amides is 1. The number of hydrogen-bond acceptors (Lipinski definition) is 3. The molecule has 0 aromatic heterocycles. The summed E-state index contributed by atoms with van der Waals surface area (Å²) in [5, 5.41) is 2.85. The lowest BCUT2D eigenvalue weighted by Gasteiger charge is -2.58. The number of aryl methyl sites for hydroxylation is 1. The van der Waals surface area contributed by atoms with E-state index in [2.05, 4.69) is 43.8 Å². The van der Waals surface area contributed by atoms with Crippen LogP contribution < -0.4 is 5.32 Å². The summed E-state index contributed by atoms with van der Waals surface area (Å²) >= 11 is 6.15. The zero-order valence-electron chi connectivity index (χ0n) is 14.8. The van der Waals surface area contributed by atoms with Crippen molar-refractivity contribution >= 4 is 56.1 Å². The number of rotatable bonds is 4. The van der Waals surface area contributed by atoms with Crippen LogP contribution in [0.1, 0.15) is 44.1 Å². The third kappa shape index (κ3) is 3.55. The van der Waals surface area contributed by atoms with Crippen LogP contribution in [0.25, 0.3) is 0 Å². The summed E-state index contributed by atoms with van der Waals surface area (Å²) in [5.41, 5.74) is 1.38. The molecule has 5 rings (SSSR count). The highest BCUT2D eigenvalue weighted by atomic mass is 127. The molecule has 0 aliphatic heterocycles. The zero-order valence-corrected chi connectivity index (χ0v) is 18.6. The Morgan fingerprint density at radius 2 is 1.96 bits per heavy atom. The molecule has 0 saturated heterocycles. The van der Waals surface area contributed by atoms with Crippen molar-refractivity contribution in [3.05, 3.63) is 27.3 Å². The average molecular weight is 532 g/mol. The summed E-state index contributed by atoms with van der Waals surface area (Å²) in [6.07, 6.45) is 6.29. The fourth-order valence-corrected chi connectivity index (χ4v) is 7.73. The Morgan fingerprint density at radius 3 is 2.58 bits per heavy atom. The van der Waals surface area contributed by atoms with E-state index in [1.54, 1.807) is 0 Å². The van der Waals surface area contributed by atoms with Crippen LogP contribution in [-0.2, 0) is 14.3 Å². The summed E-state index contributed by atoms with van der Waals surface area (Å²) in [6, 6.07) is 5.83. The highest BCUT2D eigenvalue weighted by Gasteiger charge is 2.60. The predicted molar refractivity (Wildman–Crippen MR) is 112 cm³/mol. The Bertz CT molecular complexity index is 751. The van der Waals surface area contributed by atoms with Gasteiger partial charge in [0, 0.05) is 13.6 Å². The lowest BCUT2D eigenvalue weighted by atomic mass is 9.49. The van der Waals surface area contributed by atoms with Gasteiger partial charge in [-0.3, -0.25) is 9.59 Å². The van der Waals surface area contributed by atoms with Crippen molar-refractivity contribution in [1.29, 1.82) is 0 Å². The lowest BCUT2D eigenvalue weighted by Crippen LogP contribution is -2.56. The van der Waals surface area contributed by atoms with Crippen molar-refractivity contribution in [1.82, 2.24) is 0 Å². The van der Waals surface area contributed by atoms with E-state index in [4.69, 9.17) is 4.74 Å². The maximum atomic E-state index is 12.9. The predicted octanol–water partition coefficient (Wildman–Crippen LogP) is 4.82. The molecular formula is C20H23BrINO3. The molecule has 4 saturated carbocycles. The monoisotopic (exact) mass is 531 g/mol. The van der Waals surface area contributed by atoms with Gasteiger partial charge in [0.25, 0.3) is 5.91 Å². The molecule has 4 aliphatic rings. The van der Waals surface area contributed by atoms with Crippen LogP contribution in [0.3, 0.4) is 0 Å². The first-order valence-electron chi connectivity index (χ1n) is 9.19. The molecule has 1 amide bonds. The first kappa shape index (κ1) is 18.7. The quantitative estimate of drug-likeness (QED) is 0.344. The fraction of sp³-hybridized carbons (Fsp3) is 0.600. The number of benzene rings is 1. The minimum atomic E-state index is -0.382. The van der Waals surface area contributed by atoms with E-state index >= 15 is 0 Å². The Kier molecular flexibility index (Phi) is 4.87. The zero-order chi connectivity index (χ0) is 18.5. The maximum absolute atomic E-state index is 12.9. The molecular weight excluding hydrogens is 509 g/mol. The summed E-state index contributed by atoms with van der Waals surface area (Å²) in [7, 11) is 0. The maximum Gasteiger partial charge on any atom is 0.312 e. The molecule has 140 valence electrons. The number of halogens is 2. The van der Waals surface area contributed by atoms with Crippen molar-refractivity contribution in [3.8, 4) is 0 Å². The van der Waals surface area contributed by atoms with Gasteiger partial charge in [-0.15, -0.1) is 0 Å². The van der Waals surface area contributed by atoms with Crippen molar-refractivity contribution < 1.29 is 14.3 Å². The van der Waals surface area contributed by atoms with Crippen LogP contribution in [0, 0.1) is 27.7 Å². The SMILES string of the molecule is Cc1cc(I)ccc1NC(=O)COC(=O)C12C[C@@H]3C[C@@H](CC(Br)(C3)C1)C2. The van der Waals surface area contributed by atoms with Crippen LogP contribution in [-0.4, -0.2) is 22.8 Å². The fourth-order valence-electron chi connectivity index (χ4n) is 5.63. The number of nitrogens with one attached hydrogen (secondary N) is 1. The standard InChI is InChI=1S/C20H23BrINO3/c1-12-4-15(22)2-3-16(12)23-17(24)10-26-18(25)19-6-13-5-14(7-19)9-20(21,8-13)11-19/h2-4,13-14H,5-11H2,1H3,(H,23,24)/t13-,14+,19?,20?. The van der Waals surface area contributed by atoms with Crippen LogP contribution >= 0.6 is 38.5 Å². The van der Waals surface area contributed by atoms with Gasteiger partial charge in [0.05, 0.1) is 5.41 Å². The van der Waals surface area contributed by atoms with Crippen molar-refractivity contribution in [2.24, 2.45) is 17.3 Å². The first-order chi connectivity index (χ1) is 12.3. The minimum absolute atomic E-state index is 0.108. The van der Waals surface area contributed by atoms with E-state index in [1.165, 1.54) is 19.3 Å². The second kappa shape index (κ2) is 6.76. The molecule has 1 N–H and O–H groups in total. The molecule has 6 heteroatoms. The molecule has 1 aromatic rings. The van der Waals surface area contributed by atoms with Crippen molar-refractivity contribution in [2.75, 3.05) is 11.9 Å². The Morgan fingerprint density at radius 1 is 1.27 bits per heavy atom. The first-order valence-corrected chi connectivity index (χ1v) is 11.1. The Balaban J connectivity index is 1.37. The molecule has 4 fully saturated rings. The Hall–Kier alpha value is -0.630.